The van der Waals surface area contributed by atoms with Crippen molar-refractivity contribution in [3.05, 3.63) is 46.6 Å². The van der Waals surface area contributed by atoms with Crippen LogP contribution in [0, 0.1) is 22.2 Å². The van der Waals surface area contributed by atoms with Gasteiger partial charge in [0, 0.05) is 49.1 Å². The first kappa shape index (κ1) is 23.3. The average Bonchev–Trinajstić information content (AvgIpc) is 2.77. The quantitative estimate of drug-likeness (QED) is 0.718. The van der Waals surface area contributed by atoms with Crippen LogP contribution >= 0.6 is 11.6 Å². The maximum atomic E-state index is 11.2. The Morgan fingerprint density at radius 3 is 2.30 bits per heavy atom. The number of nitriles is 1. The van der Waals surface area contributed by atoms with Crippen molar-refractivity contribution in [2.45, 2.75) is 39.8 Å². The highest BCUT2D eigenvalue weighted by atomic mass is 35.5. The lowest BCUT2D eigenvalue weighted by Crippen LogP contribution is -2.76. The van der Waals surface area contributed by atoms with E-state index in [4.69, 9.17) is 27.3 Å². The Hall–Kier alpha value is -2.89. The second kappa shape index (κ2) is 8.47. The third-order valence-corrected chi connectivity index (χ3v) is 7.29. The van der Waals surface area contributed by atoms with Crippen LogP contribution in [0.4, 0.5) is 5.82 Å². The van der Waals surface area contributed by atoms with Gasteiger partial charge >= 0.3 is 0 Å². The SMILES string of the molecule is CC1(C)C(Oc2ccc(C#N)c(Cl)c2)C(C)(C)C1N1CCN(c2ccc(C(N)=O)nn2)CC1. The van der Waals surface area contributed by atoms with E-state index in [2.05, 4.69) is 53.8 Å². The number of nitrogens with zero attached hydrogens (tertiary/aromatic N) is 5. The van der Waals surface area contributed by atoms with Crippen molar-refractivity contribution in [1.29, 1.82) is 5.26 Å². The molecule has 1 amide bonds. The van der Waals surface area contributed by atoms with E-state index in [1.807, 2.05) is 6.07 Å². The number of hydrogen-bond acceptors (Lipinski definition) is 7. The molecule has 1 aliphatic heterocycles. The minimum absolute atomic E-state index is 0.00393. The zero-order chi connectivity index (χ0) is 24.0. The fourth-order valence-corrected chi connectivity index (χ4v) is 6.20. The minimum atomic E-state index is -0.576. The van der Waals surface area contributed by atoms with Crippen molar-refractivity contribution >= 4 is 23.3 Å². The van der Waals surface area contributed by atoms with E-state index in [1.54, 1.807) is 24.3 Å². The van der Waals surface area contributed by atoms with Crippen molar-refractivity contribution < 1.29 is 9.53 Å². The summed E-state index contributed by atoms with van der Waals surface area (Å²) in [5.74, 6) is 0.866. The zero-order valence-corrected chi connectivity index (χ0v) is 20.1. The van der Waals surface area contributed by atoms with Gasteiger partial charge in [-0.25, -0.2) is 0 Å². The highest BCUT2D eigenvalue weighted by Crippen LogP contribution is 2.58. The summed E-state index contributed by atoms with van der Waals surface area (Å²) in [5, 5.41) is 17.6. The molecular formula is C24H29ClN6O2. The van der Waals surface area contributed by atoms with Gasteiger partial charge in [0.05, 0.1) is 10.6 Å². The van der Waals surface area contributed by atoms with Crippen LogP contribution in [0.2, 0.25) is 5.02 Å². The summed E-state index contributed by atoms with van der Waals surface area (Å²) in [5.41, 5.74) is 5.72. The molecule has 2 aromatic rings. The van der Waals surface area contributed by atoms with Crippen molar-refractivity contribution in [3.63, 3.8) is 0 Å². The van der Waals surface area contributed by atoms with Gasteiger partial charge in [-0.2, -0.15) is 5.26 Å². The second-order valence-corrected chi connectivity index (χ2v) is 10.4. The highest BCUT2D eigenvalue weighted by molar-refractivity contribution is 6.31. The molecule has 1 saturated carbocycles. The van der Waals surface area contributed by atoms with Gasteiger partial charge in [-0.1, -0.05) is 39.3 Å². The van der Waals surface area contributed by atoms with Crippen LogP contribution in [-0.2, 0) is 0 Å². The lowest BCUT2D eigenvalue weighted by atomic mass is 9.48. The van der Waals surface area contributed by atoms with Gasteiger partial charge < -0.3 is 15.4 Å². The van der Waals surface area contributed by atoms with E-state index in [0.29, 0.717) is 22.4 Å². The van der Waals surface area contributed by atoms with E-state index < -0.39 is 5.91 Å². The molecule has 2 N–H and O–H groups in total. The summed E-state index contributed by atoms with van der Waals surface area (Å²) in [7, 11) is 0. The van der Waals surface area contributed by atoms with Gasteiger partial charge in [0.25, 0.3) is 5.91 Å². The van der Waals surface area contributed by atoms with Gasteiger partial charge in [0.1, 0.15) is 17.9 Å². The van der Waals surface area contributed by atoms with Gasteiger partial charge in [0.15, 0.2) is 11.5 Å². The monoisotopic (exact) mass is 468 g/mol. The smallest absolute Gasteiger partial charge is 0.269 e. The number of benzene rings is 1. The van der Waals surface area contributed by atoms with Crippen LogP contribution in [0.3, 0.4) is 0 Å². The Labute approximate surface area is 199 Å². The maximum Gasteiger partial charge on any atom is 0.269 e. The van der Waals surface area contributed by atoms with Crippen molar-refractivity contribution in [3.8, 4) is 11.8 Å². The number of carbonyl (C=O) groups is 1. The van der Waals surface area contributed by atoms with Gasteiger partial charge in [-0.05, 0) is 24.3 Å². The molecule has 0 bridgehead atoms. The number of halogens is 1. The number of rotatable bonds is 5. The standard InChI is InChI=1S/C24H29ClN6O2/c1-23(2)21(24(3,4)22(23)33-16-6-5-15(14-26)17(25)13-16)31-11-9-30(10-12-31)19-8-7-18(20(27)32)28-29-19/h5-8,13,21-22H,9-12H2,1-4H3,(H2,27,32). The topological polar surface area (TPSA) is 108 Å². The Kier molecular flexibility index (Phi) is 5.97. The van der Waals surface area contributed by atoms with E-state index in [-0.39, 0.29) is 22.6 Å². The molecule has 33 heavy (non-hydrogen) atoms. The van der Waals surface area contributed by atoms with Crippen LogP contribution in [0.15, 0.2) is 30.3 Å². The van der Waals surface area contributed by atoms with Crippen molar-refractivity contribution in [2.24, 2.45) is 16.6 Å². The largest absolute Gasteiger partial charge is 0.489 e. The Balaban J connectivity index is 1.42. The number of aromatic nitrogens is 2. The summed E-state index contributed by atoms with van der Waals surface area (Å²) in [6.07, 6.45) is 0.00393. The molecule has 1 saturated heterocycles. The van der Waals surface area contributed by atoms with Crippen LogP contribution in [0.5, 0.6) is 5.75 Å². The predicted octanol–water partition coefficient (Wildman–Crippen LogP) is 3.10. The molecule has 8 nitrogen and oxygen atoms in total. The molecule has 4 rings (SSSR count). The molecule has 0 spiro atoms. The zero-order valence-electron chi connectivity index (χ0n) is 19.4. The first-order chi connectivity index (χ1) is 15.6. The Morgan fingerprint density at radius 2 is 1.79 bits per heavy atom. The van der Waals surface area contributed by atoms with Crippen LogP contribution < -0.4 is 15.4 Å². The van der Waals surface area contributed by atoms with E-state index in [9.17, 15) is 4.79 Å². The van der Waals surface area contributed by atoms with E-state index in [1.165, 1.54) is 0 Å². The number of carbonyl (C=O) groups excluding carboxylic acids is 1. The molecule has 2 heterocycles. The average molecular weight is 469 g/mol. The molecule has 0 unspecified atom stereocenters. The lowest BCUT2D eigenvalue weighted by Gasteiger charge is -2.66. The number of nitrogens with two attached hydrogens (primary N) is 1. The third-order valence-electron chi connectivity index (χ3n) is 6.98. The first-order valence-corrected chi connectivity index (χ1v) is 11.4. The number of piperazine rings is 1. The van der Waals surface area contributed by atoms with Crippen LogP contribution in [0.25, 0.3) is 0 Å². The molecule has 9 heteroatoms. The minimum Gasteiger partial charge on any atom is -0.489 e. The molecule has 2 aliphatic rings. The fourth-order valence-electron chi connectivity index (χ4n) is 5.98. The molecule has 0 radical (unpaired) electrons. The first-order valence-electron chi connectivity index (χ1n) is 11.0. The molecule has 174 valence electrons. The summed E-state index contributed by atoms with van der Waals surface area (Å²) in [4.78, 5) is 15.9. The fraction of sp³-hybridized carbons (Fsp3) is 0.500. The van der Waals surface area contributed by atoms with Gasteiger partial charge in [-0.3, -0.25) is 9.69 Å². The third kappa shape index (κ3) is 4.11. The molecule has 1 aromatic heterocycles. The number of primary amides is 1. The van der Waals surface area contributed by atoms with Gasteiger partial charge in [-0.15, -0.1) is 10.2 Å². The maximum absolute atomic E-state index is 11.2. The van der Waals surface area contributed by atoms with Crippen molar-refractivity contribution in [2.75, 3.05) is 31.1 Å². The molecule has 1 aromatic carbocycles. The number of ether oxygens (including phenoxy) is 1. The number of amides is 1. The van der Waals surface area contributed by atoms with E-state index >= 15 is 0 Å². The molecular weight excluding hydrogens is 440 g/mol. The normalized spacial score (nSPS) is 23.9. The molecule has 1 aliphatic carbocycles. The van der Waals surface area contributed by atoms with Crippen LogP contribution in [0.1, 0.15) is 43.7 Å². The summed E-state index contributed by atoms with van der Waals surface area (Å²) < 4.78 is 6.42. The summed E-state index contributed by atoms with van der Waals surface area (Å²) >= 11 is 6.21. The summed E-state index contributed by atoms with van der Waals surface area (Å²) in [6, 6.07) is 11.1. The van der Waals surface area contributed by atoms with E-state index in [0.717, 1.165) is 32.0 Å². The molecule has 2 fully saturated rings. The highest BCUT2D eigenvalue weighted by Gasteiger charge is 2.65. The lowest BCUT2D eigenvalue weighted by molar-refractivity contribution is -0.210. The molecule has 0 atom stereocenters. The Morgan fingerprint density at radius 1 is 1.12 bits per heavy atom. The number of anilines is 1. The predicted molar refractivity (Wildman–Crippen MR) is 126 cm³/mol. The Bertz CT molecular complexity index is 1070. The number of hydrogen-bond donors (Lipinski definition) is 1. The summed E-state index contributed by atoms with van der Waals surface area (Å²) in [6.45, 7) is 12.4. The van der Waals surface area contributed by atoms with Gasteiger partial charge in [0.2, 0.25) is 0 Å². The second-order valence-electron chi connectivity index (χ2n) is 9.96. The van der Waals surface area contributed by atoms with Crippen molar-refractivity contribution in [1.82, 2.24) is 15.1 Å². The van der Waals surface area contributed by atoms with Crippen LogP contribution in [-0.4, -0.2) is 59.3 Å².